The fourth-order valence-corrected chi connectivity index (χ4v) is 4.67. The summed E-state index contributed by atoms with van der Waals surface area (Å²) in [4.78, 5) is 25.0. The molecule has 1 heterocycles. The van der Waals surface area contributed by atoms with E-state index >= 15 is 0 Å². The van der Waals surface area contributed by atoms with Crippen LogP contribution in [0.3, 0.4) is 0 Å². The van der Waals surface area contributed by atoms with E-state index in [2.05, 4.69) is 4.98 Å². The number of H-pyrrole nitrogens is 1. The fraction of sp³-hybridized carbons (Fsp3) is 0.474. The molecule has 1 aromatic heterocycles. The Morgan fingerprint density at radius 3 is 2.41 bits per heavy atom. The van der Waals surface area contributed by atoms with E-state index in [0.29, 0.717) is 24.3 Å². The van der Waals surface area contributed by atoms with Gasteiger partial charge in [-0.3, -0.25) is 14.3 Å². The number of rotatable bonds is 9. The maximum absolute atomic E-state index is 12.6. The summed E-state index contributed by atoms with van der Waals surface area (Å²) in [6.07, 6.45) is 2.70. The third-order valence-corrected chi connectivity index (χ3v) is 6.38. The molecule has 0 bridgehead atoms. The monoisotopic (exact) mass is 394 g/mol. The first-order valence-corrected chi connectivity index (χ1v) is 10.4. The number of ether oxygens (including phenoxy) is 1. The summed E-state index contributed by atoms with van der Waals surface area (Å²) in [6.45, 7) is 6.19. The van der Waals surface area contributed by atoms with Crippen molar-refractivity contribution in [2.75, 3.05) is 12.4 Å². The van der Waals surface area contributed by atoms with Crippen molar-refractivity contribution in [3.8, 4) is 0 Å². The van der Waals surface area contributed by atoms with E-state index in [1.807, 2.05) is 20.8 Å². The van der Waals surface area contributed by atoms with Crippen molar-refractivity contribution in [2.24, 2.45) is 5.41 Å². The molecule has 0 radical (unpaired) electrons. The zero-order valence-electron chi connectivity index (χ0n) is 15.9. The Hall–Kier alpha value is -2.19. The van der Waals surface area contributed by atoms with Gasteiger partial charge in [0.15, 0.2) is 9.84 Å². The lowest BCUT2D eigenvalue weighted by molar-refractivity contribution is 0.0663. The number of hydrogen-bond donors (Lipinski definition) is 1. The summed E-state index contributed by atoms with van der Waals surface area (Å²) in [7, 11) is -3.35. The zero-order chi connectivity index (χ0) is 20.1. The molecule has 0 amide bonds. The highest BCUT2D eigenvalue weighted by Gasteiger charge is 2.27. The molecule has 1 aromatic carbocycles. The van der Waals surface area contributed by atoms with E-state index < -0.39 is 26.5 Å². The molecule has 0 atom stereocenters. The molecule has 0 aliphatic heterocycles. The molecular weight excluding hydrogens is 368 g/mol. The van der Waals surface area contributed by atoms with Crippen LogP contribution in [0.4, 0.5) is 0 Å². The van der Waals surface area contributed by atoms with Gasteiger partial charge in [-0.15, -0.1) is 0 Å². The van der Waals surface area contributed by atoms with E-state index in [1.54, 1.807) is 24.3 Å². The highest BCUT2D eigenvalue weighted by atomic mass is 32.2. The largest absolute Gasteiger partial charge is 0.361 e. The number of sulfone groups is 1. The van der Waals surface area contributed by atoms with Crippen LogP contribution in [0.1, 0.15) is 32.3 Å². The van der Waals surface area contributed by atoms with Crippen LogP contribution in [0.25, 0.3) is 0 Å². The number of nitrogens with zero attached hydrogens (tertiary/aromatic N) is 1. The number of aromatic amines is 1. The summed E-state index contributed by atoms with van der Waals surface area (Å²) >= 11 is 0. The van der Waals surface area contributed by atoms with Crippen molar-refractivity contribution >= 4 is 9.84 Å². The number of aryl methyl sites for hydroxylation is 1. The molecule has 0 unspecified atom stereocenters. The van der Waals surface area contributed by atoms with Crippen LogP contribution in [0.15, 0.2) is 51.0 Å². The summed E-state index contributed by atoms with van der Waals surface area (Å²) in [5, 5.41) is 0. The van der Waals surface area contributed by atoms with Gasteiger partial charge in [-0.2, -0.15) is 0 Å². The summed E-state index contributed by atoms with van der Waals surface area (Å²) < 4.78 is 31.9. The summed E-state index contributed by atoms with van der Waals surface area (Å²) in [6, 6.07) is 8.14. The lowest BCUT2D eigenvalue weighted by Crippen LogP contribution is -2.29. The number of nitrogens with one attached hydrogen (secondary N) is 1. The highest BCUT2D eigenvalue weighted by molar-refractivity contribution is 7.91. The van der Waals surface area contributed by atoms with Gasteiger partial charge in [0.2, 0.25) is 0 Å². The molecule has 0 spiro atoms. The van der Waals surface area contributed by atoms with Gasteiger partial charge in [-0.1, -0.05) is 31.5 Å². The lowest BCUT2D eigenvalue weighted by atomic mass is 9.90. The molecule has 0 aliphatic rings. The third kappa shape index (κ3) is 6.48. The van der Waals surface area contributed by atoms with Gasteiger partial charge in [0, 0.05) is 18.9 Å². The maximum atomic E-state index is 12.6. The minimum Gasteiger partial charge on any atom is -0.361 e. The second kappa shape index (κ2) is 8.67. The fourth-order valence-electron chi connectivity index (χ4n) is 2.78. The van der Waals surface area contributed by atoms with Crippen molar-refractivity contribution in [3.05, 3.63) is 62.9 Å². The Bertz CT molecular complexity index is 972. The lowest BCUT2D eigenvalue weighted by Gasteiger charge is -2.24. The van der Waals surface area contributed by atoms with E-state index in [1.165, 1.54) is 16.8 Å². The van der Waals surface area contributed by atoms with Crippen LogP contribution in [-0.4, -0.2) is 30.3 Å². The Labute approximate surface area is 158 Å². The van der Waals surface area contributed by atoms with Crippen molar-refractivity contribution < 1.29 is 13.2 Å². The molecule has 0 aliphatic carbocycles. The molecule has 2 aromatic rings. The van der Waals surface area contributed by atoms with Crippen molar-refractivity contribution in [3.63, 3.8) is 0 Å². The van der Waals surface area contributed by atoms with Crippen LogP contribution in [0.5, 0.6) is 0 Å². The van der Waals surface area contributed by atoms with E-state index in [-0.39, 0.29) is 12.5 Å². The first kappa shape index (κ1) is 21.1. The van der Waals surface area contributed by atoms with Crippen LogP contribution < -0.4 is 11.2 Å². The molecule has 148 valence electrons. The predicted octanol–water partition coefficient (Wildman–Crippen LogP) is 2.10. The topological polar surface area (TPSA) is 98.2 Å². The van der Waals surface area contributed by atoms with Crippen molar-refractivity contribution in [1.29, 1.82) is 0 Å². The number of hydrogen-bond acceptors (Lipinski definition) is 5. The van der Waals surface area contributed by atoms with Crippen molar-refractivity contribution in [1.82, 2.24) is 9.55 Å². The van der Waals surface area contributed by atoms with Crippen LogP contribution in [0.2, 0.25) is 0 Å². The molecule has 2 rings (SSSR count). The van der Waals surface area contributed by atoms with Gasteiger partial charge in [0.1, 0.15) is 6.73 Å². The van der Waals surface area contributed by atoms with Crippen LogP contribution in [-0.2, 0) is 21.3 Å². The Balaban J connectivity index is 1.82. The van der Waals surface area contributed by atoms with E-state index in [4.69, 9.17) is 4.74 Å². The second-order valence-electron chi connectivity index (χ2n) is 7.46. The smallest absolute Gasteiger partial charge is 0.330 e. The van der Waals surface area contributed by atoms with Gasteiger partial charge in [-0.05, 0) is 37.3 Å². The molecule has 27 heavy (non-hydrogen) atoms. The summed E-state index contributed by atoms with van der Waals surface area (Å²) in [5.74, 6) is 0.0580. The van der Waals surface area contributed by atoms with Crippen LogP contribution >= 0.6 is 0 Å². The van der Waals surface area contributed by atoms with Crippen LogP contribution in [0, 0.1) is 12.3 Å². The molecule has 7 nitrogen and oxygen atoms in total. The molecular formula is C19H26N2O5S. The Morgan fingerprint density at radius 1 is 1.11 bits per heavy atom. The van der Waals surface area contributed by atoms with Gasteiger partial charge in [-0.25, -0.2) is 13.2 Å². The average molecular weight is 394 g/mol. The van der Waals surface area contributed by atoms with Gasteiger partial charge >= 0.3 is 5.69 Å². The predicted molar refractivity (Wildman–Crippen MR) is 104 cm³/mol. The Morgan fingerprint density at radius 2 is 1.78 bits per heavy atom. The molecule has 0 saturated heterocycles. The van der Waals surface area contributed by atoms with E-state index in [0.717, 1.165) is 5.56 Å². The Kier molecular flexibility index (Phi) is 6.78. The maximum Gasteiger partial charge on any atom is 0.330 e. The SMILES string of the molecule is Cc1ccc(S(=O)(=O)CC(C)(C)CCCOCn2ccc(=O)[nH]c2=O)cc1. The number of benzene rings is 1. The highest BCUT2D eigenvalue weighted by Crippen LogP contribution is 2.27. The third-order valence-electron chi connectivity index (χ3n) is 4.23. The number of aromatic nitrogens is 2. The van der Waals surface area contributed by atoms with Gasteiger partial charge in [0.25, 0.3) is 5.56 Å². The second-order valence-corrected chi connectivity index (χ2v) is 9.45. The molecule has 1 N–H and O–H groups in total. The normalized spacial score (nSPS) is 12.3. The van der Waals surface area contributed by atoms with Gasteiger partial charge in [0.05, 0.1) is 10.6 Å². The molecule has 8 heteroatoms. The molecule has 0 saturated carbocycles. The minimum atomic E-state index is -3.35. The first-order valence-electron chi connectivity index (χ1n) is 8.76. The molecule has 0 fully saturated rings. The first-order chi connectivity index (χ1) is 12.6. The van der Waals surface area contributed by atoms with E-state index in [9.17, 15) is 18.0 Å². The summed E-state index contributed by atoms with van der Waals surface area (Å²) in [5.41, 5.74) is -0.353. The standard InChI is InChI=1S/C19H26N2O5S/c1-15-5-7-16(8-6-15)27(24,25)13-19(2,3)10-4-12-26-14-21-11-9-17(22)20-18(21)23/h5-9,11H,4,10,12-14H2,1-3H3,(H,20,22,23). The minimum absolute atomic E-state index is 0.0394. The van der Waals surface area contributed by atoms with Crippen molar-refractivity contribution in [2.45, 2.75) is 45.2 Å². The average Bonchev–Trinajstić information content (AvgIpc) is 2.55. The quantitative estimate of drug-likeness (QED) is 0.657. The zero-order valence-corrected chi connectivity index (χ0v) is 16.7. The van der Waals surface area contributed by atoms with Gasteiger partial charge < -0.3 is 4.74 Å².